The largest absolute Gasteiger partial charge is 0.397 e. The number of hydrogen-bond donors (Lipinski definition) is 2. The van der Waals surface area contributed by atoms with Crippen molar-refractivity contribution in [1.82, 2.24) is 4.98 Å². The lowest BCUT2D eigenvalue weighted by atomic mass is 10.1. The summed E-state index contributed by atoms with van der Waals surface area (Å²) in [5, 5.41) is 0. The van der Waals surface area contributed by atoms with Crippen LogP contribution >= 0.6 is 0 Å². The molecule has 5 heteroatoms. The highest BCUT2D eigenvalue weighted by atomic mass is 16.1. The fraction of sp³-hybridized carbons (Fsp3) is 0.200. The highest BCUT2D eigenvalue weighted by Crippen LogP contribution is 2.26. The van der Waals surface area contributed by atoms with Gasteiger partial charge in [-0.25, -0.2) is 0 Å². The Morgan fingerprint density at radius 1 is 1.25 bits per heavy atom. The maximum atomic E-state index is 11.5. The first-order valence-electron chi connectivity index (χ1n) is 6.39. The predicted octanol–water partition coefficient (Wildman–Crippen LogP) is 1.44. The van der Waals surface area contributed by atoms with E-state index in [1.54, 1.807) is 24.4 Å². The van der Waals surface area contributed by atoms with Gasteiger partial charge in [-0.15, -0.1) is 0 Å². The zero-order valence-electron chi connectivity index (χ0n) is 11.4. The van der Waals surface area contributed by atoms with Crippen molar-refractivity contribution in [2.45, 2.75) is 6.42 Å². The third-order valence-corrected chi connectivity index (χ3v) is 3.14. The van der Waals surface area contributed by atoms with E-state index in [-0.39, 0.29) is 0 Å². The van der Waals surface area contributed by atoms with Gasteiger partial charge in [0.15, 0.2) is 0 Å². The molecule has 1 heterocycles. The number of carbonyl (C=O) groups is 1. The summed E-state index contributed by atoms with van der Waals surface area (Å²) in [5.41, 5.74) is 14.0. The second-order valence-corrected chi connectivity index (χ2v) is 4.60. The first-order chi connectivity index (χ1) is 9.59. The van der Waals surface area contributed by atoms with Crippen LogP contribution in [0, 0.1) is 0 Å². The lowest BCUT2D eigenvalue weighted by Crippen LogP contribution is -2.25. The number of primary amides is 1. The number of aromatic nitrogens is 1. The maximum Gasteiger partial charge on any atom is 0.250 e. The topological polar surface area (TPSA) is 85.2 Å². The number of para-hydroxylation sites is 1. The molecule has 0 aliphatic heterocycles. The molecule has 4 N–H and O–H groups in total. The van der Waals surface area contributed by atoms with Crippen LogP contribution < -0.4 is 16.4 Å². The van der Waals surface area contributed by atoms with E-state index in [1.807, 2.05) is 30.1 Å². The minimum Gasteiger partial charge on any atom is -0.397 e. The van der Waals surface area contributed by atoms with Crippen LogP contribution in [0.4, 0.5) is 11.4 Å². The van der Waals surface area contributed by atoms with E-state index < -0.39 is 5.91 Å². The van der Waals surface area contributed by atoms with Gasteiger partial charge in [-0.1, -0.05) is 12.1 Å². The van der Waals surface area contributed by atoms with E-state index in [9.17, 15) is 4.79 Å². The number of nitrogen functional groups attached to an aromatic ring is 1. The van der Waals surface area contributed by atoms with E-state index in [0.29, 0.717) is 23.5 Å². The van der Waals surface area contributed by atoms with Crippen molar-refractivity contribution in [3.8, 4) is 0 Å². The van der Waals surface area contributed by atoms with E-state index in [2.05, 4.69) is 4.98 Å². The molecule has 0 aliphatic carbocycles. The molecule has 1 amide bonds. The van der Waals surface area contributed by atoms with Gasteiger partial charge in [0.25, 0.3) is 5.91 Å². The van der Waals surface area contributed by atoms with Crippen molar-refractivity contribution in [2.24, 2.45) is 5.73 Å². The summed E-state index contributed by atoms with van der Waals surface area (Å²) >= 11 is 0. The first kappa shape index (κ1) is 13.9. The number of anilines is 2. The number of likely N-dealkylation sites (N-methyl/N-ethyl adjacent to an activating group) is 1. The number of nitrogens with two attached hydrogens (primary N) is 2. The van der Waals surface area contributed by atoms with Gasteiger partial charge in [-0.05, 0) is 24.3 Å². The molecule has 0 spiro atoms. The van der Waals surface area contributed by atoms with Crippen LogP contribution in [0.25, 0.3) is 0 Å². The second-order valence-electron chi connectivity index (χ2n) is 4.60. The van der Waals surface area contributed by atoms with Gasteiger partial charge in [-0.2, -0.15) is 0 Å². The number of nitrogens with zero attached hydrogens (tertiary/aromatic N) is 2. The van der Waals surface area contributed by atoms with Crippen LogP contribution in [0.5, 0.6) is 0 Å². The Hall–Kier alpha value is -2.56. The Bertz CT molecular complexity index is 598. The molecular formula is C15H18N4O. The number of hydrogen-bond acceptors (Lipinski definition) is 4. The van der Waals surface area contributed by atoms with Gasteiger partial charge in [0.05, 0.1) is 16.9 Å². The number of amides is 1. The smallest absolute Gasteiger partial charge is 0.250 e. The highest BCUT2D eigenvalue weighted by Gasteiger charge is 2.14. The van der Waals surface area contributed by atoms with Gasteiger partial charge in [0, 0.05) is 31.9 Å². The maximum absolute atomic E-state index is 11.5. The Balaban J connectivity index is 2.17. The molecule has 1 aromatic carbocycles. The molecule has 104 valence electrons. The summed E-state index contributed by atoms with van der Waals surface area (Å²) in [5.74, 6) is -0.475. The van der Waals surface area contributed by atoms with Crippen LogP contribution in [0.3, 0.4) is 0 Å². The minimum atomic E-state index is -0.475. The molecule has 0 saturated heterocycles. The van der Waals surface area contributed by atoms with Gasteiger partial charge >= 0.3 is 0 Å². The molecule has 2 aromatic rings. The standard InChI is InChI=1S/C15H18N4O/c1-19(10-8-11-5-2-3-9-18-11)14-12(15(17)20)6-4-7-13(14)16/h2-7,9H,8,10,16H2,1H3,(H2,17,20). The summed E-state index contributed by atoms with van der Waals surface area (Å²) in [6.07, 6.45) is 2.53. The van der Waals surface area contributed by atoms with Crippen LogP contribution in [0.2, 0.25) is 0 Å². The molecule has 0 aliphatic rings. The Morgan fingerprint density at radius 3 is 2.70 bits per heavy atom. The number of pyridine rings is 1. The Morgan fingerprint density at radius 2 is 2.05 bits per heavy atom. The van der Waals surface area contributed by atoms with Crippen LogP contribution in [0.1, 0.15) is 16.1 Å². The van der Waals surface area contributed by atoms with Crippen molar-refractivity contribution in [3.05, 3.63) is 53.9 Å². The first-order valence-corrected chi connectivity index (χ1v) is 6.39. The quantitative estimate of drug-likeness (QED) is 0.805. The molecule has 20 heavy (non-hydrogen) atoms. The van der Waals surface area contributed by atoms with Gasteiger partial charge in [-0.3, -0.25) is 9.78 Å². The number of benzene rings is 1. The fourth-order valence-electron chi connectivity index (χ4n) is 2.13. The van der Waals surface area contributed by atoms with Crippen molar-refractivity contribution in [1.29, 1.82) is 0 Å². The monoisotopic (exact) mass is 270 g/mol. The molecule has 1 aromatic heterocycles. The van der Waals surface area contributed by atoms with Crippen LogP contribution in [-0.4, -0.2) is 24.5 Å². The molecule has 0 unspecified atom stereocenters. The summed E-state index contributed by atoms with van der Waals surface area (Å²) in [7, 11) is 1.89. The third-order valence-electron chi connectivity index (χ3n) is 3.14. The third kappa shape index (κ3) is 3.06. The second kappa shape index (κ2) is 6.06. The van der Waals surface area contributed by atoms with Crippen molar-refractivity contribution in [3.63, 3.8) is 0 Å². The van der Waals surface area contributed by atoms with Gasteiger partial charge < -0.3 is 16.4 Å². The van der Waals surface area contributed by atoms with E-state index >= 15 is 0 Å². The Kier molecular flexibility index (Phi) is 4.20. The normalized spacial score (nSPS) is 10.2. The Labute approximate surface area is 118 Å². The van der Waals surface area contributed by atoms with Crippen molar-refractivity contribution < 1.29 is 4.79 Å². The average molecular weight is 270 g/mol. The number of rotatable bonds is 5. The zero-order valence-corrected chi connectivity index (χ0v) is 11.4. The lowest BCUT2D eigenvalue weighted by molar-refractivity contribution is 0.100. The highest BCUT2D eigenvalue weighted by molar-refractivity contribution is 6.01. The zero-order chi connectivity index (χ0) is 14.5. The van der Waals surface area contributed by atoms with E-state index in [4.69, 9.17) is 11.5 Å². The lowest BCUT2D eigenvalue weighted by Gasteiger charge is -2.23. The summed E-state index contributed by atoms with van der Waals surface area (Å²) < 4.78 is 0. The molecule has 2 rings (SSSR count). The molecule has 0 bridgehead atoms. The SMILES string of the molecule is CN(CCc1ccccn1)c1c(N)cccc1C(N)=O. The molecule has 0 radical (unpaired) electrons. The van der Waals surface area contributed by atoms with Crippen molar-refractivity contribution in [2.75, 3.05) is 24.2 Å². The summed E-state index contributed by atoms with van der Waals surface area (Å²) in [6, 6.07) is 11.0. The van der Waals surface area contributed by atoms with Crippen LogP contribution in [-0.2, 0) is 6.42 Å². The van der Waals surface area contributed by atoms with Gasteiger partial charge in [0.1, 0.15) is 0 Å². The summed E-state index contributed by atoms with van der Waals surface area (Å²) in [6.45, 7) is 0.700. The average Bonchev–Trinajstić information content (AvgIpc) is 2.45. The van der Waals surface area contributed by atoms with E-state index in [0.717, 1.165) is 12.1 Å². The van der Waals surface area contributed by atoms with Crippen LogP contribution in [0.15, 0.2) is 42.6 Å². The summed E-state index contributed by atoms with van der Waals surface area (Å²) in [4.78, 5) is 17.7. The minimum absolute atomic E-state index is 0.438. The molecule has 0 saturated carbocycles. The molecular weight excluding hydrogens is 252 g/mol. The molecule has 0 fully saturated rings. The van der Waals surface area contributed by atoms with Gasteiger partial charge in [0.2, 0.25) is 0 Å². The fourth-order valence-corrected chi connectivity index (χ4v) is 2.13. The molecule has 0 atom stereocenters. The molecule has 5 nitrogen and oxygen atoms in total. The van der Waals surface area contributed by atoms with Crippen molar-refractivity contribution >= 4 is 17.3 Å². The predicted molar refractivity (Wildman–Crippen MR) is 80.6 cm³/mol. The number of carbonyl (C=O) groups excluding carboxylic acids is 1. The van der Waals surface area contributed by atoms with E-state index in [1.165, 1.54) is 0 Å².